The molecule has 0 spiro atoms. The maximum Gasteiger partial charge on any atom is 0.245 e. The number of hydrogen-bond donors (Lipinski definition) is 1. The van der Waals surface area contributed by atoms with Crippen molar-refractivity contribution in [3.63, 3.8) is 0 Å². The highest BCUT2D eigenvalue weighted by Gasteiger charge is 2.53. The topological polar surface area (TPSA) is 49.4 Å². The summed E-state index contributed by atoms with van der Waals surface area (Å²) in [5, 5.41) is 1.37. The molecular formula is C9H12N2O2. The summed E-state index contributed by atoms with van der Waals surface area (Å²) in [6.45, 7) is 5.96. The van der Waals surface area contributed by atoms with Gasteiger partial charge >= 0.3 is 0 Å². The molecule has 2 atom stereocenters. The maximum atomic E-state index is 11.5. The van der Waals surface area contributed by atoms with Gasteiger partial charge in [0.1, 0.15) is 0 Å². The molecule has 2 aliphatic rings. The molecule has 2 fully saturated rings. The van der Waals surface area contributed by atoms with Gasteiger partial charge in [0.2, 0.25) is 11.8 Å². The van der Waals surface area contributed by atoms with E-state index in [1.165, 1.54) is 5.01 Å². The monoisotopic (exact) mass is 180 g/mol. The van der Waals surface area contributed by atoms with Gasteiger partial charge in [-0.05, 0) is 13.3 Å². The van der Waals surface area contributed by atoms with Crippen LogP contribution < -0.4 is 5.43 Å². The minimum Gasteiger partial charge on any atom is -0.273 e. The zero-order valence-corrected chi connectivity index (χ0v) is 7.54. The number of hydrogen-bond acceptors (Lipinski definition) is 2. The summed E-state index contributed by atoms with van der Waals surface area (Å²) in [5.41, 5.74) is 3.44. The number of nitrogens with one attached hydrogen (secondary N) is 1. The van der Waals surface area contributed by atoms with E-state index in [9.17, 15) is 9.59 Å². The largest absolute Gasteiger partial charge is 0.273 e. The average Bonchev–Trinajstić information content (AvgIpc) is 2.77. The predicted octanol–water partition coefficient (Wildman–Crippen LogP) is 0.0720. The molecule has 0 aromatic carbocycles. The van der Waals surface area contributed by atoms with E-state index in [1.807, 2.05) is 6.92 Å². The molecule has 70 valence electrons. The van der Waals surface area contributed by atoms with E-state index in [4.69, 9.17) is 0 Å². The molecule has 1 heterocycles. The van der Waals surface area contributed by atoms with Gasteiger partial charge < -0.3 is 0 Å². The smallest absolute Gasteiger partial charge is 0.245 e. The summed E-state index contributed by atoms with van der Waals surface area (Å²) >= 11 is 0. The van der Waals surface area contributed by atoms with Crippen LogP contribution >= 0.6 is 0 Å². The fourth-order valence-corrected chi connectivity index (χ4v) is 1.62. The Morgan fingerprint density at radius 1 is 1.62 bits per heavy atom. The molecule has 1 aliphatic carbocycles. The van der Waals surface area contributed by atoms with Gasteiger partial charge in [-0.15, -0.1) is 0 Å². The number of hydrazine groups is 1. The molecule has 4 heteroatoms. The van der Waals surface area contributed by atoms with E-state index < -0.39 is 0 Å². The molecule has 0 bridgehead atoms. The van der Waals surface area contributed by atoms with Gasteiger partial charge in [0.25, 0.3) is 0 Å². The minimum atomic E-state index is -0.0481. The number of carbonyl (C=O) groups is 2. The normalized spacial score (nSPS) is 31.0. The Morgan fingerprint density at radius 2 is 2.31 bits per heavy atom. The lowest BCUT2D eigenvalue weighted by atomic mass is 10.2. The van der Waals surface area contributed by atoms with Crippen LogP contribution in [0.3, 0.4) is 0 Å². The van der Waals surface area contributed by atoms with Gasteiger partial charge in [-0.2, -0.15) is 0 Å². The van der Waals surface area contributed by atoms with Crippen LogP contribution in [-0.4, -0.2) is 23.4 Å². The lowest BCUT2D eigenvalue weighted by Crippen LogP contribution is -2.52. The number of fused-ring (bicyclic) bond motifs is 1. The second-order valence-corrected chi connectivity index (χ2v) is 3.81. The fraction of sp³-hybridized carbons (Fsp3) is 0.556. The lowest BCUT2D eigenvalue weighted by molar-refractivity contribution is -0.147. The van der Waals surface area contributed by atoms with Gasteiger partial charge in [0.05, 0.1) is 18.4 Å². The molecule has 2 unspecified atom stereocenters. The lowest BCUT2D eigenvalue weighted by Gasteiger charge is -2.26. The highest BCUT2D eigenvalue weighted by molar-refractivity contribution is 5.97. The third kappa shape index (κ3) is 1.32. The predicted molar refractivity (Wildman–Crippen MR) is 46.3 cm³/mol. The van der Waals surface area contributed by atoms with Crippen LogP contribution in [0.25, 0.3) is 0 Å². The Hall–Kier alpha value is -1.32. The van der Waals surface area contributed by atoms with Crippen LogP contribution in [-0.2, 0) is 9.59 Å². The Kier molecular flexibility index (Phi) is 1.65. The van der Waals surface area contributed by atoms with Crippen molar-refractivity contribution in [2.24, 2.45) is 11.8 Å². The molecular weight excluding hydrogens is 168 g/mol. The molecule has 0 aromatic heterocycles. The number of rotatable bonds is 2. The van der Waals surface area contributed by atoms with Crippen LogP contribution in [0.15, 0.2) is 12.2 Å². The van der Waals surface area contributed by atoms with E-state index in [2.05, 4.69) is 12.0 Å². The molecule has 1 N–H and O–H groups in total. The Balaban J connectivity index is 2.07. The van der Waals surface area contributed by atoms with Gasteiger partial charge in [-0.3, -0.25) is 15.0 Å². The van der Waals surface area contributed by atoms with Crippen LogP contribution in [0, 0.1) is 11.8 Å². The SMILES string of the molecule is C=C(C)CN1NC(=O)C2CC2C1=O. The minimum absolute atomic E-state index is 0.0224. The second kappa shape index (κ2) is 2.58. The molecule has 4 nitrogen and oxygen atoms in total. The van der Waals surface area contributed by atoms with E-state index in [0.717, 1.165) is 12.0 Å². The van der Waals surface area contributed by atoms with Crippen molar-refractivity contribution in [2.75, 3.05) is 6.54 Å². The molecule has 1 saturated carbocycles. The standard InChI is InChI=1S/C9H12N2O2/c1-5(2)4-11-9(13)7-3-6(7)8(12)10-11/h6-7H,1,3-4H2,2H3,(H,10,12). The molecule has 2 rings (SSSR count). The zero-order valence-electron chi connectivity index (χ0n) is 7.54. The summed E-state index contributed by atoms with van der Waals surface area (Å²) in [4.78, 5) is 22.8. The van der Waals surface area contributed by atoms with Gasteiger partial charge in [-0.25, -0.2) is 5.01 Å². The quantitative estimate of drug-likeness (QED) is 0.611. The van der Waals surface area contributed by atoms with E-state index >= 15 is 0 Å². The summed E-state index contributed by atoms with van der Waals surface area (Å²) in [6, 6.07) is 0. The van der Waals surface area contributed by atoms with E-state index in [-0.39, 0.29) is 23.7 Å². The Labute approximate surface area is 76.6 Å². The summed E-state index contributed by atoms with van der Waals surface area (Å²) in [7, 11) is 0. The van der Waals surface area contributed by atoms with Crippen LogP contribution in [0.5, 0.6) is 0 Å². The average molecular weight is 180 g/mol. The molecule has 1 saturated heterocycles. The highest BCUT2D eigenvalue weighted by atomic mass is 16.2. The van der Waals surface area contributed by atoms with Gasteiger partial charge in [-0.1, -0.05) is 12.2 Å². The molecule has 0 aromatic rings. The summed E-state index contributed by atoms with van der Waals surface area (Å²) < 4.78 is 0. The number of carbonyl (C=O) groups excluding carboxylic acids is 2. The molecule has 1 aliphatic heterocycles. The van der Waals surface area contributed by atoms with Gasteiger partial charge in [0, 0.05) is 0 Å². The maximum absolute atomic E-state index is 11.5. The van der Waals surface area contributed by atoms with Crippen molar-refractivity contribution in [1.82, 2.24) is 10.4 Å². The number of amides is 2. The van der Waals surface area contributed by atoms with E-state index in [0.29, 0.717) is 6.54 Å². The highest BCUT2D eigenvalue weighted by Crippen LogP contribution is 2.42. The molecule has 13 heavy (non-hydrogen) atoms. The van der Waals surface area contributed by atoms with Crippen LogP contribution in [0.2, 0.25) is 0 Å². The Morgan fingerprint density at radius 3 is 2.92 bits per heavy atom. The second-order valence-electron chi connectivity index (χ2n) is 3.81. The number of nitrogens with zero attached hydrogens (tertiary/aromatic N) is 1. The first-order valence-corrected chi connectivity index (χ1v) is 4.36. The third-order valence-corrected chi connectivity index (χ3v) is 2.38. The first kappa shape index (κ1) is 8.29. The van der Waals surface area contributed by atoms with Crippen molar-refractivity contribution >= 4 is 11.8 Å². The van der Waals surface area contributed by atoms with Crippen molar-refractivity contribution < 1.29 is 9.59 Å². The third-order valence-electron chi connectivity index (χ3n) is 2.38. The molecule has 0 radical (unpaired) electrons. The van der Waals surface area contributed by atoms with Crippen molar-refractivity contribution in [3.05, 3.63) is 12.2 Å². The summed E-state index contributed by atoms with van der Waals surface area (Å²) in [5.74, 6) is -0.0829. The first-order chi connectivity index (χ1) is 6.09. The first-order valence-electron chi connectivity index (χ1n) is 4.36. The van der Waals surface area contributed by atoms with Crippen molar-refractivity contribution in [2.45, 2.75) is 13.3 Å². The van der Waals surface area contributed by atoms with Gasteiger partial charge in [0.15, 0.2) is 0 Å². The molecule has 2 amide bonds. The fourth-order valence-electron chi connectivity index (χ4n) is 1.62. The zero-order chi connectivity index (χ0) is 9.59. The Bertz CT molecular complexity index is 298. The summed E-state index contributed by atoms with van der Waals surface area (Å²) in [6.07, 6.45) is 0.720. The van der Waals surface area contributed by atoms with Crippen LogP contribution in [0.4, 0.5) is 0 Å². The van der Waals surface area contributed by atoms with Crippen molar-refractivity contribution in [1.29, 1.82) is 0 Å². The van der Waals surface area contributed by atoms with E-state index in [1.54, 1.807) is 0 Å². The van der Waals surface area contributed by atoms with Crippen molar-refractivity contribution in [3.8, 4) is 0 Å². The van der Waals surface area contributed by atoms with Crippen LogP contribution in [0.1, 0.15) is 13.3 Å².